The average molecular weight is 287 g/mol. The molecule has 2 N–H and O–H groups in total. The summed E-state index contributed by atoms with van der Waals surface area (Å²) in [6, 6.07) is 0.158. The Labute approximate surface area is 111 Å². The molecule has 0 aliphatic carbocycles. The van der Waals surface area contributed by atoms with Crippen molar-refractivity contribution in [3.05, 3.63) is 0 Å². The summed E-state index contributed by atoms with van der Waals surface area (Å²) in [5.41, 5.74) is 5.61. The van der Waals surface area contributed by atoms with Gasteiger partial charge in [-0.3, -0.25) is 0 Å². The standard InChI is InChI=1S/C10H17N5O3S/c1-7(2)18-10-13-8(11)12-9(14-10)15-3-5-19(16,17)6-4-15/h7H,3-6H2,1-2H3,(H2,11,12,13,14). The maximum Gasteiger partial charge on any atom is 0.323 e. The predicted molar refractivity (Wildman–Crippen MR) is 70.9 cm³/mol. The van der Waals surface area contributed by atoms with E-state index in [-0.39, 0.29) is 29.6 Å². The number of sulfone groups is 1. The molecule has 1 fully saturated rings. The van der Waals surface area contributed by atoms with Gasteiger partial charge in [0.2, 0.25) is 11.9 Å². The van der Waals surface area contributed by atoms with Crippen LogP contribution >= 0.6 is 0 Å². The molecule has 9 heteroatoms. The smallest absolute Gasteiger partial charge is 0.323 e. The molecule has 1 aliphatic heterocycles. The summed E-state index contributed by atoms with van der Waals surface area (Å²) in [7, 11) is -2.94. The quantitative estimate of drug-likeness (QED) is 0.790. The maximum atomic E-state index is 11.4. The van der Waals surface area contributed by atoms with Gasteiger partial charge in [0.05, 0.1) is 17.6 Å². The summed E-state index contributed by atoms with van der Waals surface area (Å²) >= 11 is 0. The summed E-state index contributed by atoms with van der Waals surface area (Å²) in [6.45, 7) is 4.42. The van der Waals surface area contributed by atoms with Gasteiger partial charge >= 0.3 is 6.01 Å². The van der Waals surface area contributed by atoms with E-state index in [0.717, 1.165) is 0 Å². The van der Waals surface area contributed by atoms with Crippen LogP contribution in [-0.4, -0.2) is 54.1 Å². The SMILES string of the molecule is CC(C)Oc1nc(N)nc(N2CCS(=O)(=O)CC2)n1. The fraction of sp³-hybridized carbons (Fsp3) is 0.700. The molecule has 0 aromatic carbocycles. The molecule has 8 nitrogen and oxygen atoms in total. The number of nitrogen functional groups attached to an aromatic ring is 1. The minimum absolute atomic E-state index is 0.0640. The van der Waals surface area contributed by atoms with Crippen molar-refractivity contribution in [1.29, 1.82) is 0 Å². The molecule has 106 valence electrons. The van der Waals surface area contributed by atoms with Crippen molar-refractivity contribution in [1.82, 2.24) is 15.0 Å². The topological polar surface area (TPSA) is 111 Å². The van der Waals surface area contributed by atoms with Gasteiger partial charge in [-0.15, -0.1) is 0 Å². The highest BCUT2D eigenvalue weighted by atomic mass is 32.2. The van der Waals surface area contributed by atoms with E-state index in [1.807, 2.05) is 13.8 Å². The van der Waals surface area contributed by atoms with Gasteiger partial charge in [-0.2, -0.15) is 15.0 Å². The molecule has 19 heavy (non-hydrogen) atoms. The van der Waals surface area contributed by atoms with Crippen molar-refractivity contribution in [2.24, 2.45) is 0 Å². The second-order valence-corrected chi connectivity index (χ2v) is 6.89. The Balaban J connectivity index is 2.18. The first-order chi connectivity index (χ1) is 8.85. The number of rotatable bonds is 3. The molecule has 1 aromatic heterocycles. The highest BCUT2D eigenvalue weighted by molar-refractivity contribution is 7.91. The number of nitrogens with zero attached hydrogens (tertiary/aromatic N) is 4. The largest absolute Gasteiger partial charge is 0.461 e. The third-order valence-electron chi connectivity index (χ3n) is 2.59. The predicted octanol–water partition coefficient (Wildman–Crippen LogP) is -0.524. The molecule has 0 saturated carbocycles. The third kappa shape index (κ3) is 3.66. The van der Waals surface area contributed by atoms with Gasteiger partial charge < -0.3 is 15.4 Å². The Morgan fingerprint density at radius 2 is 1.84 bits per heavy atom. The Bertz CT molecular complexity index is 546. The minimum atomic E-state index is -2.94. The lowest BCUT2D eigenvalue weighted by Gasteiger charge is -2.26. The fourth-order valence-corrected chi connectivity index (χ4v) is 2.88. The van der Waals surface area contributed by atoms with E-state index in [2.05, 4.69) is 15.0 Å². The first-order valence-corrected chi connectivity index (χ1v) is 7.81. The molecule has 2 heterocycles. The van der Waals surface area contributed by atoms with Crippen LogP contribution in [-0.2, 0) is 9.84 Å². The first kappa shape index (κ1) is 13.8. The second-order valence-electron chi connectivity index (χ2n) is 4.58. The first-order valence-electron chi connectivity index (χ1n) is 5.99. The number of ether oxygens (including phenoxy) is 1. The Kier molecular flexibility index (Phi) is 3.74. The van der Waals surface area contributed by atoms with E-state index in [0.29, 0.717) is 19.0 Å². The van der Waals surface area contributed by atoms with Crippen molar-refractivity contribution in [3.63, 3.8) is 0 Å². The third-order valence-corrected chi connectivity index (χ3v) is 4.20. The molecule has 1 aliphatic rings. The Hall–Kier alpha value is -1.64. The lowest BCUT2D eigenvalue weighted by atomic mass is 10.5. The molecule has 1 saturated heterocycles. The molecule has 2 rings (SSSR count). The molecule has 0 bridgehead atoms. The average Bonchev–Trinajstić information content (AvgIpc) is 2.26. The van der Waals surface area contributed by atoms with Gasteiger partial charge in [-0.1, -0.05) is 0 Å². The van der Waals surface area contributed by atoms with Crippen molar-refractivity contribution in [3.8, 4) is 6.01 Å². The summed E-state index contributed by atoms with van der Waals surface area (Å²) < 4.78 is 28.1. The zero-order chi connectivity index (χ0) is 14.0. The summed E-state index contributed by atoms with van der Waals surface area (Å²) in [4.78, 5) is 13.8. The minimum Gasteiger partial charge on any atom is -0.461 e. The van der Waals surface area contributed by atoms with Crippen LogP contribution in [0.5, 0.6) is 6.01 Å². The van der Waals surface area contributed by atoms with Crippen molar-refractivity contribution >= 4 is 21.7 Å². The number of aromatic nitrogens is 3. The van der Waals surface area contributed by atoms with Gasteiger partial charge in [0.25, 0.3) is 0 Å². The number of nitrogens with two attached hydrogens (primary N) is 1. The lowest BCUT2D eigenvalue weighted by Crippen LogP contribution is -2.41. The molecule has 0 unspecified atom stereocenters. The van der Waals surface area contributed by atoms with Crippen LogP contribution in [0.1, 0.15) is 13.8 Å². The molecule has 0 amide bonds. The van der Waals surface area contributed by atoms with Gasteiger partial charge in [-0.05, 0) is 13.8 Å². The fourth-order valence-electron chi connectivity index (χ4n) is 1.68. The van der Waals surface area contributed by atoms with Crippen LogP contribution in [0, 0.1) is 0 Å². The van der Waals surface area contributed by atoms with Crippen LogP contribution < -0.4 is 15.4 Å². The van der Waals surface area contributed by atoms with E-state index in [9.17, 15) is 8.42 Å². The Morgan fingerprint density at radius 3 is 2.42 bits per heavy atom. The summed E-state index contributed by atoms with van der Waals surface area (Å²) in [5, 5.41) is 0. The van der Waals surface area contributed by atoms with Crippen LogP contribution in [0.4, 0.5) is 11.9 Å². The van der Waals surface area contributed by atoms with Crippen LogP contribution in [0.3, 0.4) is 0 Å². The van der Waals surface area contributed by atoms with Crippen molar-refractivity contribution in [2.75, 3.05) is 35.2 Å². The van der Waals surface area contributed by atoms with E-state index in [1.165, 1.54) is 0 Å². The molecule has 0 radical (unpaired) electrons. The molecular formula is C10H17N5O3S. The van der Waals surface area contributed by atoms with E-state index < -0.39 is 9.84 Å². The van der Waals surface area contributed by atoms with E-state index in [1.54, 1.807) is 4.90 Å². The second kappa shape index (κ2) is 5.16. The zero-order valence-electron chi connectivity index (χ0n) is 10.9. The highest BCUT2D eigenvalue weighted by Gasteiger charge is 2.24. The number of hydrogen-bond acceptors (Lipinski definition) is 8. The molecule has 0 spiro atoms. The van der Waals surface area contributed by atoms with Gasteiger partial charge in [-0.25, -0.2) is 8.42 Å². The maximum absolute atomic E-state index is 11.4. The molecule has 1 aromatic rings. The van der Waals surface area contributed by atoms with Gasteiger partial charge in [0.15, 0.2) is 9.84 Å². The molecule has 0 atom stereocenters. The number of anilines is 2. The van der Waals surface area contributed by atoms with Crippen molar-refractivity contribution < 1.29 is 13.2 Å². The van der Waals surface area contributed by atoms with E-state index in [4.69, 9.17) is 10.5 Å². The van der Waals surface area contributed by atoms with Gasteiger partial charge in [0, 0.05) is 13.1 Å². The van der Waals surface area contributed by atoms with Crippen LogP contribution in [0.15, 0.2) is 0 Å². The van der Waals surface area contributed by atoms with E-state index >= 15 is 0 Å². The Morgan fingerprint density at radius 1 is 1.21 bits per heavy atom. The van der Waals surface area contributed by atoms with Gasteiger partial charge in [0.1, 0.15) is 0 Å². The summed E-state index contributed by atoms with van der Waals surface area (Å²) in [5.74, 6) is 0.616. The zero-order valence-corrected chi connectivity index (χ0v) is 11.7. The normalized spacial score (nSPS) is 18.6. The van der Waals surface area contributed by atoms with Crippen LogP contribution in [0.2, 0.25) is 0 Å². The van der Waals surface area contributed by atoms with Crippen LogP contribution in [0.25, 0.3) is 0 Å². The van der Waals surface area contributed by atoms with Crippen molar-refractivity contribution in [2.45, 2.75) is 20.0 Å². The number of hydrogen-bond donors (Lipinski definition) is 1. The highest BCUT2D eigenvalue weighted by Crippen LogP contribution is 2.16. The lowest BCUT2D eigenvalue weighted by molar-refractivity contribution is 0.222. The molecular weight excluding hydrogens is 270 g/mol. The monoisotopic (exact) mass is 287 g/mol. The summed E-state index contributed by atoms with van der Waals surface area (Å²) in [6.07, 6.45) is -0.0728.